The summed E-state index contributed by atoms with van der Waals surface area (Å²) in [5.41, 5.74) is 2.74. The van der Waals surface area contributed by atoms with Crippen molar-refractivity contribution in [3.8, 4) is 6.07 Å². The monoisotopic (exact) mass is 309 g/mol. The minimum atomic E-state index is -0.455. The van der Waals surface area contributed by atoms with Crippen LogP contribution in [0.15, 0.2) is 40.3 Å². The number of amides is 1. The Kier molecular flexibility index (Phi) is 4.87. The third kappa shape index (κ3) is 3.80. The van der Waals surface area contributed by atoms with Crippen molar-refractivity contribution < 1.29 is 9.21 Å². The Morgan fingerprint density at radius 2 is 2.00 bits per heavy atom. The highest BCUT2D eigenvalue weighted by Crippen LogP contribution is 2.21. The third-order valence-electron chi connectivity index (χ3n) is 3.56. The van der Waals surface area contributed by atoms with Crippen LogP contribution in [-0.2, 0) is 4.79 Å². The van der Waals surface area contributed by atoms with E-state index in [0.717, 1.165) is 11.1 Å². The van der Waals surface area contributed by atoms with E-state index in [1.807, 2.05) is 52.2 Å². The molecule has 0 atom stereocenters. The first-order valence-electron chi connectivity index (χ1n) is 7.19. The van der Waals surface area contributed by atoms with Crippen molar-refractivity contribution in [1.82, 2.24) is 0 Å². The first kappa shape index (κ1) is 16.4. The van der Waals surface area contributed by atoms with Crippen LogP contribution in [0.4, 0.5) is 11.6 Å². The van der Waals surface area contributed by atoms with Gasteiger partial charge >= 0.3 is 0 Å². The van der Waals surface area contributed by atoms with Crippen molar-refractivity contribution in [3.63, 3.8) is 0 Å². The molecule has 1 aromatic heterocycles. The topological polar surface area (TPSA) is 69.3 Å². The average molecular weight is 309 g/mol. The first-order valence-corrected chi connectivity index (χ1v) is 7.19. The van der Waals surface area contributed by atoms with Crippen LogP contribution >= 0.6 is 0 Å². The van der Waals surface area contributed by atoms with Crippen molar-refractivity contribution in [2.45, 2.75) is 13.8 Å². The minimum Gasteiger partial charge on any atom is -0.441 e. The first-order chi connectivity index (χ1) is 10.9. The average Bonchev–Trinajstić information content (AvgIpc) is 2.98. The molecule has 5 heteroatoms. The van der Waals surface area contributed by atoms with E-state index in [1.165, 1.54) is 6.08 Å². The van der Waals surface area contributed by atoms with E-state index < -0.39 is 5.91 Å². The molecule has 1 amide bonds. The summed E-state index contributed by atoms with van der Waals surface area (Å²) in [4.78, 5) is 14.1. The quantitative estimate of drug-likeness (QED) is 0.693. The molecule has 0 aliphatic carbocycles. The Morgan fingerprint density at radius 1 is 1.26 bits per heavy atom. The molecule has 2 aromatic rings. The summed E-state index contributed by atoms with van der Waals surface area (Å²) in [5.74, 6) is 0.661. The summed E-state index contributed by atoms with van der Waals surface area (Å²) in [6, 6.07) is 11.1. The van der Waals surface area contributed by atoms with Crippen LogP contribution in [0.1, 0.15) is 16.9 Å². The highest BCUT2D eigenvalue weighted by molar-refractivity contribution is 6.09. The molecule has 0 fully saturated rings. The molecule has 0 bridgehead atoms. The highest BCUT2D eigenvalue weighted by atomic mass is 16.4. The van der Waals surface area contributed by atoms with Crippen LogP contribution in [0.25, 0.3) is 6.08 Å². The van der Waals surface area contributed by atoms with Gasteiger partial charge in [-0.05, 0) is 37.1 Å². The molecule has 23 heavy (non-hydrogen) atoms. The molecule has 0 aliphatic heterocycles. The number of aryl methyl sites for hydroxylation is 1. The Balaban J connectivity index is 2.23. The number of hydrogen-bond acceptors (Lipinski definition) is 4. The number of nitrogens with zero attached hydrogens (tertiary/aromatic N) is 2. The molecule has 0 saturated heterocycles. The zero-order valence-corrected chi connectivity index (χ0v) is 13.7. The smallest absolute Gasteiger partial charge is 0.266 e. The lowest BCUT2D eigenvalue weighted by atomic mass is 10.1. The number of nitriles is 1. The number of anilines is 2. The molecule has 0 unspecified atom stereocenters. The van der Waals surface area contributed by atoms with Crippen LogP contribution in [0.2, 0.25) is 0 Å². The predicted octanol–water partition coefficient (Wildman–Crippen LogP) is 3.51. The molecular formula is C18H19N3O2. The summed E-state index contributed by atoms with van der Waals surface area (Å²) < 4.78 is 5.54. The van der Waals surface area contributed by atoms with Gasteiger partial charge in [0.15, 0.2) is 5.88 Å². The van der Waals surface area contributed by atoms with Gasteiger partial charge in [0, 0.05) is 31.9 Å². The van der Waals surface area contributed by atoms with Crippen molar-refractivity contribution >= 4 is 23.6 Å². The van der Waals surface area contributed by atoms with Crippen molar-refractivity contribution in [2.24, 2.45) is 0 Å². The fourth-order valence-corrected chi connectivity index (χ4v) is 2.03. The Labute approximate surface area is 135 Å². The summed E-state index contributed by atoms with van der Waals surface area (Å²) in [6.07, 6.45) is 1.44. The van der Waals surface area contributed by atoms with Crippen molar-refractivity contribution in [1.29, 1.82) is 5.26 Å². The summed E-state index contributed by atoms with van der Waals surface area (Å²) in [5, 5.41) is 12.0. The lowest BCUT2D eigenvalue weighted by Crippen LogP contribution is -2.14. The maximum atomic E-state index is 12.3. The lowest BCUT2D eigenvalue weighted by molar-refractivity contribution is -0.112. The predicted molar refractivity (Wildman–Crippen MR) is 91.2 cm³/mol. The van der Waals surface area contributed by atoms with Crippen molar-refractivity contribution in [3.05, 3.63) is 52.8 Å². The lowest BCUT2D eigenvalue weighted by Gasteiger charge is -2.09. The molecular weight excluding hydrogens is 290 g/mol. The molecule has 2 rings (SSSR count). The van der Waals surface area contributed by atoms with E-state index in [1.54, 1.807) is 17.0 Å². The summed E-state index contributed by atoms with van der Waals surface area (Å²) >= 11 is 0. The molecule has 1 N–H and O–H groups in total. The van der Waals surface area contributed by atoms with E-state index in [9.17, 15) is 10.1 Å². The zero-order chi connectivity index (χ0) is 17.0. The number of furan rings is 1. The van der Waals surface area contributed by atoms with E-state index in [-0.39, 0.29) is 5.57 Å². The van der Waals surface area contributed by atoms with Gasteiger partial charge in [-0.3, -0.25) is 4.79 Å². The van der Waals surface area contributed by atoms with Gasteiger partial charge in [0.05, 0.1) is 0 Å². The number of carbonyl (C=O) groups is 1. The fourth-order valence-electron chi connectivity index (χ4n) is 2.03. The maximum Gasteiger partial charge on any atom is 0.266 e. The van der Waals surface area contributed by atoms with E-state index in [0.29, 0.717) is 17.3 Å². The molecule has 0 aliphatic rings. The van der Waals surface area contributed by atoms with Crippen molar-refractivity contribution in [2.75, 3.05) is 24.3 Å². The Bertz CT molecular complexity index is 795. The number of benzene rings is 1. The van der Waals surface area contributed by atoms with Gasteiger partial charge < -0.3 is 14.6 Å². The molecule has 118 valence electrons. The van der Waals surface area contributed by atoms with Crippen LogP contribution in [0.3, 0.4) is 0 Å². The standard InChI is InChI=1S/C18H19N3O2/c1-12-6-5-7-16(13(12)2)20-18(22)14(11-19)10-15-8-9-17(23-15)21(3)4/h5-10H,1-4H3,(H,20,22)/b14-10+. The normalized spacial score (nSPS) is 11.0. The molecule has 5 nitrogen and oxygen atoms in total. The molecule has 0 saturated carbocycles. The molecule has 0 radical (unpaired) electrons. The van der Waals surface area contributed by atoms with Crippen LogP contribution in [0.5, 0.6) is 0 Å². The van der Waals surface area contributed by atoms with Gasteiger partial charge in [0.1, 0.15) is 17.4 Å². The van der Waals surface area contributed by atoms with Crippen LogP contribution < -0.4 is 10.2 Å². The third-order valence-corrected chi connectivity index (χ3v) is 3.56. The number of nitrogens with one attached hydrogen (secondary N) is 1. The zero-order valence-electron chi connectivity index (χ0n) is 13.7. The fraction of sp³-hybridized carbons (Fsp3) is 0.222. The van der Waals surface area contributed by atoms with Gasteiger partial charge in [-0.1, -0.05) is 12.1 Å². The second-order valence-electron chi connectivity index (χ2n) is 5.44. The van der Waals surface area contributed by atoms with E-state index in [4.69, 9.17) is 4.42 Å². The number of hydrogen-bond donors (Lipinski definition) is 1. The Hall–Kier alpha value is -3.00. The van der Waals surface area contributed by atoms with Gasteiger partial charge in [-0.2, -0.15) is 5.26 Å². The van der Waals surface area contributed by atoms with Crippen LogP contribution in [0, 0.1) is 25.2 Å². The van der Waals surface area contributed by atoms with Gasteiger partial charge in [0.2, 0.25) is 0 Å². The van der Waals surface area contributed by atoms with E-state index in [2.05, 4.69) is 5.32 Å². The molecule has 1 aromatic carbocycles. The Morgan fingerprint density at radius 3 is 2.61 bits per heavy atom. The summed E-state index contributed by atoms with van der Waals surface area (Å²) in [7, 11) is 3.70. The molecule has 0 spiro atoms. The molecule has 1 heterocycles. The van der Waals surface area contributed by atoms with Gasteiger partial charge in [-0.15, -0.1) is 0 Å². The number of rotatable bonds is 4. The second-order valence-corrected chi connectivity index (χ2v) is 5.44. The largest absolute Gasteiger partial charge is 0.441 e. The van der Waals surface area contributed by atoms with E-state index >= 15 is 0 Å². The maximum absolute atomic E-state index is 12.3. The second kappa shape index (κ2) is 6.84. The van der Waals surface area contributed by atoms with Crippen LogP contribution in [-0.4, -0.2) is 20.0 Å². The van der Waals surface area contributed by atoms with Gasteiger partial charge in [-0.25, -0.2) is 0 Å². The minimum absolute atomic E-state index is 0.00874. The number of carbonyl (C=O) groups excluding carboxylic acids is 1. The highest BCUT2D eigenvalue weighted by Gasteiger charge is 2.12. The SMILES string of the molecule is Cc1cccc(NC(=O)/C(C#N)=C/c2ccc(N(C)C)o2)c1C. The van der Waals surface area contributed by atoms with Gasteiger partial charge in [0.25, 0.3) is 5.91 Å². The summed E-state index contributed by atoms with van der Waals surface area (Å²) in [6.45, 7) is 3.90.